The van der Waals surface area contributed by atoms with Gasteiger partial charge in [-0.25, -0.2) is 9.59 Å². The molecule has 1 aromatic heterocycles. The third-order valence-corrected chi connectivity index (χ3v) is 6.40. The molecule has 36 heavy (non-hydrogen) atoms. The maximum atomic E-state index is 12.6. The summed E-state index contributed by atoms with van der Waals surface area (Å²) in [7, 11) is 2.92. The lowest BCUT2D eigenvalue weighted by atomic mass is 10.0. The van der Waals surface area contributed by atoms with E-state index in [2.05, 4.69) is 4.98 Å². The summed E-state index contributed by atoms with van der Waals surface area (Å²) in [5.74, 6) is 0.669. The fraction of sp³-hybridized carbons (Fsp3) is 0.407. The van der Waals surface area contributed by atoms with Gasteiger partial charge in [0.05, 0.1) is 30.8 Å². The fourth-order valence-corrected chi connectivity index (χ4v) is 4.63. The molecule has 192 valence electrons. The van der Waals surface area contributed by atoms with Crippen LogP contribution in [0.2, 0.25) is 5.02 Å². The Hall–Kier alpha value is -3.39. The number of likely N-dealkylation sites (tertiary alicyclic amines) is 1. The maximum absolute atomic E-state index is 12.6. The number of H-pyrrole nitrogens is 1. The Morgan fingerprint density at radius 3 is 2.61 bits per heavy atom. The zero-order valence-electron chi connectivity index (χ0n) is 21.1. The number of aromatic nitrogens is 1. The molecule has 1 atom stereocenters. The third kappa shape index (κ3) is 5.38. The molecule has 0 aliphatic carbocycles. The number of aromatic amines is 1. The van der Waals surface area contributed by atoms with Crippen LogP contribution >= 0.6 is 11.6 Å². The van der Waals surface area contributed by atoms with Gasteiger partial charge in [0.1, 0.15) is 12.2 Å². The van der Waals surface area contributed by atoms with Gasteiger partial charge in [0.2, 0.25) is 0 Å². The second-order valence-corrected chi connectivity index (χ2v) is 10.1. The molecule has 1 saturated heterocycles. The van der Waals surface area contributed by atoms with E-state index >= 15 is 0 Å². The molecule has 2 heterocycles. The van der Waals surface area contributed by atoms with Crippen molar-refractivity contribution in [2.24, 2.45) is 0 Å². The average Bonchev–Trinajstić information content (AvgIpc) is 3.47. The number of ether oxygens (including phenoxy) is 4. The quantitative estimate of drug-likeness (QED) is 0.402. The SMILES string of the molecule is COC(=O)c1c[nH]c2cc(Cl)c(-c3ccc(OCC4CCCN4C(=O)OC(C)(C)C)c(OC)c3)cc12. The number of carbonyl (C=O) groups excluding carboxylic acids is 2. The lowest BCUT2D eigenvalue weighted by Gasteiger charge is -2.28. The Morgan fingerprint density at radius 1 is 1.14 bits per heavy atom. The van der Waals surface area contributed by atoms with Crippen molar-refractivity contribution in [2.75, 3.05) is 27.4 Å². The first kappa shape index (κ1) is 25.7. The van der Waals surface area contributed by atoms with E-state index in [0.717, 1.165) is 29.5 Å². The molecule has 4 rings (SSSR count). The van der Waals surface area contributed by atoms with Crippen molar-refractivity contribution in [1.29, 1.82) is 0 Å². The predicted octanol–water partition coefficient (Wildman–Crippen LogP) is 6.06. The summed E-state index contributed by atoms with van der Waals surface area (Å²) in [4.78, 5) is 29.5. The van der Waals surface area contributed by atoms with Gasteiger partial charge in [-0.05, 0) is 63.4 Å². The molecule has 3 aromatic rings. The zero-order chi connectivity index (χ0) is 26.0. The third-order valence-electron chi connectivity index (χ3n) is 6.09. The Kier molecular flexibility index (Phi) is 7.36. The van der Waals surface area contributed by atoms with Crippen LogP contribution in [0.25, 0.3) is 22.0 Å². The topological polar surface area (TPSA) is 90.1 Å². The highest BCUT2D eigenvalue weighted by molar-refractivity contribution is 6.34. The van der Waals surface area contributed by atoms with Crippen molar-refractivity contribution in [1.82, 2.24) is 9.88 Å². The number of esters is 1. The van der Waals surface area contributed by atoms with Gasteiger partial charge in [0.15, 0.2) is 11.5 Å². The lowest BCUT2D eigenvalue weighted by molar-refractivity contribution is 0.0186. The van der Waals surface area contributed by atoms with Crippen molar-refractivity contribution < 1.29 is 28.5 Å². The Balaban J connectivity index is 1.55. The molecule has 0 spiro atoms. The number of nitrogens with one attached hydrogen (secondary N) is 1. The highest BCUT2D eigenvalue weighted by Gasteiger charge is 2.32. The molecule has 8 nitrogen and oxygen atoms in total. The summed E-state index contributed by atoms with van der Waals surface area (Å²) >= 11 is 6.58. The minimum atomic E-state index is -0.549. The highest BCUT2D eigenvalue weighted by atomic mass is 35.5. The molecule has 1 fully saturated rings. The smallest absolute Gasteiger partial charge is 0.410 e. The molecular weight excluding hydrogens is 484 g/mol. The number of halogens is 1. The predicted molar refractivity (Wildman–Crippen MR) is 138 cm³/mol. The van der Waals surface area contributed by atoms with Crippen molar-refractivity contribution in [3.63, 3.8) is 0 Å². The lowest BCUT2D eigenvalue weighted by Crippen LogP contribution is -2.42. The van der Waals surface area contributed by atoms with E-state index in [9.17, 15) is 9.59 Å². The minimum absolute atomic E-state index is 0.0774. The minimum Gasteiger partial charge on any atom is -0.493 e. The highest BCUT2D eigenvalue weighted by Crippen LogP contribution is 2.38. The first-order valence-electron chi connectivity index (χ1n) is 11.8. The normalized spacial score (nSPS) is 15.7. The van der Waals surface area contributed by atoms with Gasteiger partial charge in [-0.2, -0.15) is 0 Å². The number of amides is 1. The van der Waals surface area contributed by atoms with Crippen LogP contribution < -0.4 is 9.47 Å². The number of methoxy groups -OCH3 is 2. The van der Waals surface area contributed by atoms with Crippen LogP contribution in [0, 0.1) is 0 Å². The molecule has 0 saturated carbocycles. The van der Waals surface area contributed by atoms with Crippen molar-refractivity contribution in [2.45, 2.75) is 45.3 Å². The Labute approximate surface area is 215 Å². The summed E-state index contributed by atoms with van der Waals surface area (Å²) in [6, 6.07) is 9.10. The summed E-state index contributed by atoms with van der Waals surface area (Å²) in [5, 5.41) is 1.24. The average molecular weight is 515 g/mol. The van der Waals surface area contributed by atoms with Crippen molar-refractivity contribution in [3.05, 3.63) is 47.1 Å². The van der Waals surface area contributed by atoms with Gasteiger partial charge in [0, 0.05) is 29.2 Å². The summed E-state index contributed by atoms with van der Waals surface area (Å²) < 4.78 is 22.1. The molecule has 1 N–H and O–H groups in total. The second-order valence-electron chi connectivity index (χ2n) is 9.72. The van der Waals surface area contributed by atoms with E-state index in [-0.39, 0.29) is 12.1 Å². The molecule has 1 amide bonds. The van der Waals surface area contributed by atoms with Crippen LogP contribution in [0.3, 0.4) is 0 Å². The first-order chi connectivity index (χ1) is 17.1. The number of hydrogen-bond donors (Lipinski definition) is 1. The van der Waals surface area contributed by atoms with Gasteiger partial charge in [-0.1, -0.05) is 17.7 Å². The van der Waals surface area contributed by atoms with Crippen LogP contribution in [0.1, 0.15) is 44.0 Å². The summed E-state index contributed by atoms with van der Waals surface area (Å²) in [6.45, 7) is 6.54. The monoisotopic (exact) mass is 514 g/mol. The second kappa shape index (κ2) is 10.3. The van der Waals surface area contributed by atoms with Gasteiger partial charge in [-0.15, -0.1) is 0 Å². The van der Waals surface area contributed by atoms with Crippen molar-refractivity contribution >= 4 is 34.6 Å². The Bertz CT molecular complexity index is 1280. The number of hydrogen-bond acceptors (Lipinski definition) is 6. The van der Waals surface area contributed by atoms with E-state index in [0.29, 0.717) is 40.6 Å². The van der Waals surface area contributed by atoms with Crippen LogP contribution in [0.5, 0.6) is 11.5 Å². The molecule has 2 aromatic carbocycles. The van der Waals surface area contributed by atoms with E-state index in [4.69, 9.17) is 30.5 Å². The maximum Gasteiger partial charge on any atom is 0.410 e. The molecule has 1 aliphatic heterocycles. The van der Waals surface area contributed by atoms with Crippen molar-refractivity contribution in [3.8, 4) is 22.6 Å². The van der Waals surface area contributed by atoms with Crippen LogP contribution in [-0.4, -0.2) is 61.0 Å². The number of rotatable bonds is 6. The molecule has 9 heteroatoms. The van der Waals surface area contributed by atoms with Gasteiger partial charge < -0.3 is 28.8 Å². The summed E-state index contributed by atoms with van der Waals surface area (Å²) in [6.07, 6.45) is 3.03. The van der Waals surface area contributed by atoms with Gasteiger partial charge in [0.25, 0.3) is 0 Å². The molecule has 0 bridgehead atoms. The molecule has 1 aliphatic rings. The number of nitrogens with zero attached hydrogens (tertiary/aromatic N) is 1. The van der Waals surface area contributed by atoms with Gasteiger partial charge in [-0.3, -0.25) is 0 Å². The number of benzene rings is 2. The van der Waals surface area contributed by atoms with E-state index in [1.54, 1.807) is 24.3 Å². The first-order valence-corrected chi connectivity index (χ1v) is 12.2. The fourth-order valence-electron chi connectivity index (χ4n) is 4.35. The van der Waals surface area contributed by atoms with Crippen LogP contribution in [-0.2, 0) is 9.47 Å². The van der Waals surface area contributed by atoms with E-state index < -0.39 is 11.6 Å². The zero-order valence-corrected chi connectivity index (χ0v) is 21.9. The van der Waals surface area contributed by atoms with E-state index in [1.165, 1.54) is 7.11 Å². The standard InChI is InChI=1S/C27H31ClN2O6/c1-27(2,3)36-26(32)30-10-6-7-17(30)15-35-23-9-8-16(11-24(23)33-4)18-12-19-20(25(31)34-5)14-29-22(19)13-21(18)28/h8-9,11-14,17,29H,6-7,10,15H2,1-5H3. The van der Waals surface area contributed by atoms with Gasteiger partial charge >= 0.3 is 12.1 Å². The number of carbonyl (C=O) groups is 2. The van der Waals surface area contributed by atoms with Crippen LogP contribution in [0.15, 0.2) is 36.5 Å². The molecule has 0 radical (unpaired) electrons. The Morgan fingerprint density at radius 2 is 1.92 bits per heavy atom. The summed E-state index contributed by atoms with van der Waals surface area (Å²) in [5.41, 5.74) is 2.17. The van der Waals surface area contributed by atoms with Crippen LogP contribution in [0.4, 0.5) is 4.79 Å². The molecular formula is C27H31ClN2O6. The van der Waals surface area contributed by atoms with E-state index in [1.807, 2.05) is 45.0 Å². The largest absolute Gasteiger partial charge is 0.493 e. The number of fused-ring (bicyclic) bond motifs is 1. The molecule has 1 unspecified atom stereocenters.